The van der Waals surface area contributed by atoms with E-state index >= 15 is 0 Å². The van der Waals surface area contributed by atoms with Crippen molar-refractivity contribution in [2.24, 2.45) is 5.92 Å². The predicted octanol–water partition coefficient (Wildman–Crippen LogP) is 3.39. The molecule has 0 atom stereocenters. The third-order valence-electron chi connectivity index (χ3n) is 3.65. The minimum atomic E-state index is -0.214. The molecular formula is C18H24N2O2. The first-order valence-corrected chi connectivity index (χ1v) is 7.63. The molecule has 0 saturated carbocycles. The maximum atomic E-state index is 11.8. The Balaban J connectivity index is 2.18. The summed E-state index contributed by atoms with van der Waals surface area (Å²) in [6.45, 7) is 9.24. The number of esters is 1. The molecule has 22 heavy (non-hydrogen) atoms. The van der Waals surface area contributed by atoms with E-state index in [4.69, 9.17) is 4.74 Å². The monoisotopic (exact) mass is 300 g/mol. The van der Waals surface area contributed by atoms with Crippen LogP contribution < -0.4 is 4.74 Å². The van der Waals surface area contributed by atoms with E-state index in [0.717, 1.165) is 30.4 Å². The Morgan fingerprint density at radius 3 is 2.91 bits per heavy atom. The van der Waals surface area contributed by atoms with Crippen LogP contribution in [0, 0.1) is 5.92 Å². The molecule has 2 aromatic rings. The smallest absolute Gasteiger partial charge is 0.313 e. The van der Waals surface area contributed by atoms with Gasteiger partial charge in [0, 0.05) is 24.7 Å². The van der Waals surface area contributed by atoms with Crippen LogP contribution in [-0.2, 0) is 11.2 Å². The first-order chi connectivity index (χ1) is 10.5. The molecule has 0 amide bonds. The summed E-state index contributed by atoms with van der Waals surface area (Å²) < 4.78 is 5.47. The highest BCUT2D eigenvalue weighted by atomic mass is 16.5. The van der Waals surface area contributed by atoms with Gasteiger partial charge >= 0.3 is 5.97 Å². The van der Waals surface area contributed by atoms with Crippen molar-refractivity contribution in [3.63, 3.8) is 0 Å². The van der Waals surface area contributed by atoms with Gasteiger partial charge in [-0.3, -0.25) is 4.79 Å². The summed E-state index contributed by atoms with van der Waals surface area (Å²) in [5, 5.41) is 1.11. The van der Waals surface area contributed by atoms with Gasteiger partial charge in [-0.2, -0.15) is 0 Å². The van der Waals surface area contributed by atoms with Crippen molar-refractivity contribution in [3.8, 4) is 5.75 Å². The lowest BCUT2D eigenvalue weighted by Crippen LogP contribution is -2.20. The van der Waals surface area contributed by atoms with Gasteiger partial charge in [0.05, 0.1) is 11.4 Å². The number of aromatic nitrogens is 1. The van der Waals surface area contributed by atoms with Crippen LogP contribution in [0.15, 0.2) is 37.1 Å². The second kappa shape index (κ2) is 7.27. The normalized spacial score (nSPS) is 11.3. The third kappa shape index (κ3) is 3.77. The van der Waals surface area contributed by atoms with Crippen LogP contribution in [0.4, 0.5) is 0 Å². The summed E-state index contributed by atoms with van der Waals surface area (Å²) in [5.74, 6) is 0.244. The average Bonchev–Trinajstić information content (AvgIpc) is 2.89. The fraction of sp³-hybridized carbons (Fsp3) is 0.389. The Morgan fingerprint density at radius 2 is 2.23 bits per heavy atom. The summed E-state index contributed by atoms with van der Waals surface area (Å²) in [6.07, 6.45) is 4.84. The van der Waals surface area contributed by atoms with Gasteiger partial charge in [-0.15, -0.1) is 6.58 Å². The van der Waals surface area contributed by atoms with Crippen molar-refractivity contribution in [1.82, 2.24) is 9.88 Å². The van der Waals surface area contributed by atoms with Crippen LogP contribution in [0.25, 0.3) is 10.9 Å². The SMILES string of the molecule is C=CCN(C)CCc1c[nH]c2c(OC(=O)C(C)C)cccc12. The van der Waals surface area contributed by atoms with E-state index < -0.39 is 0 Å². The fourth-order valence-electron chi connectivity index (χ4n) is 2.33. The number of fused-ring (bicyclic) bond motifs is 1. The number of hydrogen-bond donors (Lipinski definition) is 1. The van der Waals surface area contributed by atoms with Crippen LogP contribution in [0.2, 0.25) is 0 Å². The molecule has 118 valence electrons. The molecule has 0 aliphatic carbocycles. The maximum Gasteiger partial charge on any atom is 0.313 e. The standard InChI is InChI=1S/C18H24N2O2/c1-5-10-20(4)11-9-14-12-19-17-15(14)7-6-8-16(17)22-18(21)13(2)3/h5-8,12-13,19H,1,9-11H2,2-4H3. The van der Waals surface area contributed by atoms with E-state index in [1.165, 1.54) is 5.56 Å². The average molecular weight is 300 g/mol. The number of ether oxygens (including phenoxy) is 1. The van der Waals surface area contributed by atoms with Crippen LogP contribution >= 0.6 is 0 Å². The van der Waals surface area contributed by atoms with Gasteiger partial charge in [-0.25, -0.2) is 0 Å². The number of rotatable bonds is 7. The molecule has 4 nitrogen and oxygen atoms in total. The van der Waals surface area contributed by atoms with Crippen molar-refractivity contribution in [1.29, 1.82) is 0 Å². The highest BCUT2D eigenvalue weighted by molar-refractivity contribution is 5.90. The summed E-state index contributed by atoms with van der Waals surface area (Å²) in [7, 11) is 2.08. The van der Waals surface area contributed by atoms with Crippen molar-refractivity contribution in [3.05, 3.63) is 42.6 Å². The molecule has 0 saturated heterocycles. The van der Waals surface area contributed by atoms with E-state index in [9.17, 15) is 4.79 Å². The Hall–Kier alpha value is -2.07. The van der Waals surface area contributed by atoms with Gasteiger partial charge in [0.25, 0.3) is 0 Å². The topological polar surface area (TPSA) is 45.3 Å². The van der Waals surface area contributed by atoms with E-state index in [2.05, 4.69) is 29.6 Å². The van der Waals surface area contributed by atoms with Gasteiger partial charge in [-0.1, -0.05) is 32.1 Å². The van der Waals surface area contributed by atoms with Crippen molar-refractivity contribution >= 4 is 16.9 Å². The van der Waals surface area contributed by atoms with Crippen LogP contribution in [0.1, 0.15) is 19.4 Å². The number of nitrogens with zero attached hydrogens (tertiary/aromatic N) is 1. The Labute approximate surface area is 131 Å². The van der Waals surface area contributed by atoms with E-state index in [-0.39, 0.29) is 11.9 Å². The summed E-state index contributed by atoms with van der Waals surface area (Å²) in [6, 6.07) is 5.81. The number of aromatic amines is 1. The molecule has 0 aliphatic rings. The molecule has 0 radical (unpaired) electrons. The van der Waals surface area contributed by atoms with Crippen molar-refractivity contribution < 1.29 is 9.53 Å². The second-order valence-corrected chi connectivity index (χ2v) is 5.87. The number of hydrogen-bond acceptors (Lipinski definition) is 3. The second-order valence-electron chi connectivity index (χ2n) is 5.87. The van der Waals surface area contributed by atoms with Gasteiger partial charge in [0.1, 0.15) is 0 Å². The minimum absolute atomic E-state index is 0.141. The predicted molar refractivity (Wildman–Crippen MR) is 90.2 cm³/mol. The first kappa shape index (κ1) is 16.3. The van der Waals surface area contributed by atoms with Crippen LogP contribution in [0.3, 0.4) is 0 Å². The molecule has 1 heterocycles. The zero-order valence-corrected chi connectivity index (χ0v) is 13.6. The van der Waals surface area contributed by atoms with Crippen molar-refractivity contribution in [2.75, 3.05) is 20.1 Å². The number of nitrogens with one attached hydrogen (secondary N) is 1. The molecule has 4 heteroatoms. The van der Waals surface area contributed by atoms with Crippen LogP contribution in [-0.4, -0.2) is 36.0 Å². The van der Waals surface area contributed by atoms with Gasteiger partial charge in [0.15, 0.2) is 5.75 Å². The number of carbonyl (C=O) groups is 1. The fourth-order valence-corrected chi connectivity index (χ4v) is 2.33. The summed E-state index contributed by atoms with van der Waals surface area (Å²) >= 11 is 0. The van der Waals surface area contributed by atoms with E-state index in [1.807, 2.05) is 38.3 Å². The Kier molecular flexibility index (Phi) is 5.39. The third-order valence-corrected chi connectivity index (χ3v) is 3.65. The highest BCUT2D eigenvalue weighted by Crippen LogP contribution is 2.28. The highest BCUT2D eigenvalue weighted by Gasteiger charge is 2.14. The Bertz CT molecular complexity index is 658. The molecule has 1 aromatic carbocycles. The lowest BCUT2D eigenvalue weighted by Gasteiger charge is -2.13. The molecular weight excluding hydrogens is 276 g/mol. The van der Waals surface area contributed by atoms with Gasteiger partial charge in [-0.05, 0) is 25.1 Å². The van der Waals surface area contributed by atoms with E-state index in [0.29, 0.717) is 5.75 Å². The molecule has 0 bridgehead atoms. The van der Waals surface area contributed by atoms with E-state index in [1.54, 1.807) is 0 Å². The van der Waals surface area contributed by atoms with Crippen molar-refractivity contribution in [2.45, 2.75) is 20.3 Å². The maximum absolute atomic E-state index is 11.8. The molecule has 1 N–H and O–H groups in total. The lowest BCUT2D eigenvalue weighted by molar-refractivity contribution is -0.137. The van der Waals surface area contributed by atoms with Crippen LogP contribution in [0.5, 0.6) is 5.75 Å². The van der Waals surface area contributed by atoms with Gasteiger partial charge < -0.3 is 14.6 Å². The summed E-state index contributed by atoms with van der Waals surface area (Å²) in [5.41, 5.74) is 2.12. The van der Waals surface area contributed by atoms with Gasteiger partial charge in [0.2, 0.25) is 0 Å². The molecule has 1 aromatic heterocycles. The number of H-pyrrole nitrogens is 1. The number of para-hydroxylation sites is 1. The lowest BCUT2D eigenvalue weighted by atomic mass is 10.1. The molecule has 0 unspecified atom stereocenters. The number of likely N-dealkylation sites (N-methyl/N-ethyl adjacent to an activating group) is 1. The molecule has 2 rings (SSSR count). The number of benzene rings is 1. The quantitative estimate of drug-likeness (QED) is 0.484. The minimum Gasteiger partial charge on any atom is -0.424 e. The number of carbonyl (C=O) groups excluding carboxylic acids is 1. The first-order valence-electron chi connectivity index (χ1n) is 7.63. The molecule has 0 spiro atoms. The Morgan fingerprint density at radius 1 is 1.45 bits per heavy atom. The zero-order valence-electron chi connectivity index (χ0n) is 13.6. The molecule has 0 aliphatic heterocycles. The zero-order chi connectivity index (χ0) is 16.1. The molecule has 0 fully saturated rings. The summed E-state index contributed by atoms with van der Waals surface area (Å²) in [4.78, 5) is 17.3. The largest absolute Gasteiger partial charge is 0.424 e.